The van der Waals surface area contributed by atoms with Gasteiger partial charge in [0.2, 0.25) is 5.95 Å². The van der Waals surface area contributed by atoms with Gasteiger partial charge in [-0.25, -0.2) is 9.97 Å². The lowest BCUT2D eigenvalue weighted by Crippen LogP contribution is -2.37. The van der Waals surface area contributed by atoms with Crippen molar-refractivity contribution in [3.8, 4) is 0 Å². The summed E-state index contributed by atoms with van der Waals surface area (Å²) < 4.78 is 0. The molecule has 144 valence electrons. The van der Waals surface area contributed by atoms with Crippen LogP contribution in [-0.4, -0.2) is 26.8 Å². The van der Waals surface area contributed by atoms with Gasteiger partial charge in [-0.15, -0.1) is 0 Å². The Kier molecular flexibility index (Phi) is 6.04. The van der Waals surface area contributed by atoms with E-state index in [1.165, 1.54) is 5.56 Å². The van der Waals surface area contributed by atoms with Crippen LogP contribution in [0.25, 0.3) is 0 Å². The second kappa shape index (κ2) is 8.65. The standard InChI is InChI=1S/C23H26N4O/c1-16(2)27(15-19-8-6-5-7-9-19)22(28)21-14-18(4)24-23(26-21)25-20-12-10-17(3)11-13-20/h5-14,16H,15H2,1-4H3,(H,24,25,26). The molecule has 1 aromatic heterocycles. The van der Waals surface area contributed by atoms with E-state index in [1.807, 2.05) is 87.2 Å². The second-order valence-corrected chi connectivity index (χ2v) is 7.22. The molecule has 0 bridgehead atoms. The predicted octanol–water partition coefficient (Wildman–Crippen LogP) is 4.89. The summed E-state index contributed by atoms with van der Waals surface area (Å²) in [4.78, 5) is 23.9. The number of aryl methyl sites for hydroxylation is 2. The molecule has 0 saturated heterocycles. The Balaban J connectivity index is 1.85. The molecule has 1 N–H and O–H groups in total. The first-order valence-electron chi connectivity index (χ1n) is 9.46. The summed E-state index contributed by atoms with van der Waals surface area (Å²) >= 11 is 0. The fraction of sp³-hybridized carbons (Fsp3) is 0.261. The highest BCUT2D eigenvalue weighted by molar-refractivity contribution is 5.93. The second-order valence-electron chi connectivity index (χ2n) is 7.22. The van der Waals surface area contributed by atoms with Crippen LogP contribution in [0.15, 0.2) is 60.7 Å². The van der Waals surface area contributed by atoms with Crippen molar-refractivity contribution >= 4 is 17.5 Å². The maximum Gasteiger partial charge on any atom is 0.273 e. The van der Waals surface area contributed by atoms with Gasteiger partial charge in [-0.3, -0.25) is 4.79 Å². The SMILES string of the molecule is Cc1ccc(Nc2nc(C)cc(C(=O)N(Cc3ccccc3)C(C)C)n2)cc1. The molecule has 28 heavy (non-hydrogen) atoms. The van der Waals surface area contributed by atoms with E-state index in [4.69, 9.17) is 0 Å². The molecule has 2 aromatic carbocycles. The molecule has 0 radical (unpaired) electrons. The number of carbonyl (C=O) groups excluding carboxylic acids is 1. The number of rotatable bonds is 6. The van der Waals surface area contributed by atoms with Crippen LogP contribution in [0.5, 0.6) is 0 Å². The summed E-state index contributed by atoms with van der Waals surface area (Å²) in [6, 6.07) is 19.8. The Labute approximate surface area is 166 Å². The molecule has 0 aliphatic heterocycles. The van der Waals surface area contributed by atoms with Crippen LogP contribution in [0.2, 0.25) is 0 Å². The molecule has 0 saturated carbocycles. The predicted molar refractivity (Wildman–Crippen MR) is 113 cm³/mol. The zero-order valence-corrected chi connectivity index (χ0v) is 16.8. The van der Waals surface area contributed by atoms with Crippen LogP contribution < -0.4 is 5.32 Å². The number of aromatic nitrogens is 2. The first-order valence-corrected chi connectivity index (χ1v) is 9.46. The van der Waals surface area contributed by atoms with E-state index >= 15 is 0 Å². The van der Waals surface area contributed by atoms with E-state index in [0.29, 0.717) is 18.2 Å². The first kappa shape index (κ1) is 19.5. The number of hydrogen-bond donors (Lipinski definition) is 1. The van der Waals surface area contributed by atoms with E-state index in [2.05, 4.69) is 15.3 Å². The highest BCUT2D eigenvalue weighted by Gasteiger charge is 2.21. The minimum absolute atomic E-state index is 0.0523. The fourth-order valence-electron chi connectivity index (χ4n) is 2.92. The van der Waals surface area contributed by atoms with Gasteiger partial charge in [0.1, 0.15) is 5.69 Å². The lowest BCUT2D eigenvalue weighted by atomic mass is 10.1. The van der Waals surface area contributed by atoms with Crippen molar-refractivity contribution in [2.75, 3.05) is 5.32 Å². The number of amides is 1. The molecule has 1 heterocycles. The number of anilines is 2. The third kappa shape index (κ3) is 4.94. The van der Waals surface area contributed by atoms with Gasteiger partial charge >= 0.3 is 0 Å². The smallest absolute Gasteiger partial charge is 0.273 e. The Hall–Kier alpha value is -3.21. The van der Waals surface area contributed by atoms with Gasteiger partial charge < -0.3 is 10.2 Å². The quantitative estimate of drug-likeness (QED) is 0.667. The molecule has 3 aromatic rings. The molecule has 0 unspecified atom stereocenters. The summed E-state index contributed by atoms with van der Waals surface area (Å²) in [6.45, 7) is 8.48. The van der Waals surface area contributed by atoms with Gasteiger partial charge in [0.05, 0.1) is 0 Å². The van der Waals surface area contributed by atoms with Crippen molar-refractivity contribution in [2.45, 2.75) is 40.3 Å². The van der Waals surface area contributed by atoms with E-state index in [-0.39, 0.29) is 11.9 Å². The van der Waals surface area contributed by atoms with E-state index < -0.39 is 0 Å². The molecule has 0 fully saturated rings. The Morgan fingerprint density at radius 1 is 1.00 bits per heavy atom. The topological polar surface area (TPSA) is 58.1 Å². The molecule has 1 amide bonds. The van der Waals surface area contributed by atoms with E-state index in [1.54, 1.807) is 6.07 Å². The van der Waals surface area contributed by atoms with Crippen LogP contribution in [0.3, 0.4) is 0 Å². The van der Waals surface area contributed by atoms with Crippen LogP contribution in [-0.2, 0) is 6.54 Å². The van der Waals surface area contributed by atoms with Gasteiger partial charge in [-0.1, -0.05) is 48.0 Å². The fourth-order valence-corrected chi connectivity index (χ4v) is 2.92. The van der Waals surface area contributed by atoms with Crippen molar-refractivity contribution in [3.05, 3.63) is 83.2 Å². The highest BCUT2D eigenvalue weighted by atomic mass is 16.2. The van der Waals surface area contributed by atoms with Crippen LogP contribution in [0.4, 0.5) is 11.6 Å². The summed E-state index contributed by atoms with van der Waals surface area (Å²) in [5.41, 5.74) is 4.30. The summed E-state index contributed by atoms with van der Waals surface area (Å²) in [5, 5.41) is 3.19. The number of nitrogens with one attached hydrogen (secondary N) is 1. The highest BCUT2D eigenvalue weighted by Crippen LogP contribution is 2.17. The molecule has 0 aliphatic rings. The number of hydrogen-bond acceptors (Lipinski definition) is 4. The van der Waals surface area contributed by atoms with E-state index in [0.717, 1.165) is 16.9 Å². The number of nitrogens with zero attached hydrogens (tertiary/aromatic N) is 3. The number of carbonyl (C=O) groups is 1. The molecule has 3 rings (SSSR count). The minimum Gasteiger partial charge on any atom is -0.331 e. The van der Waals surface area contributed by atoms with Crippen LogP contribution in [0.1, 0.15) is 41.2 Å². The normalized spacial score (nSPS) is 10.8. The average Bonchev–Trinajstić information content (AvgIpc) is 2.67. The van der Waals surface area contributed by atoms with Crippen LogP contribution in [0, 0.1) is 13.8 Å². The van der Waals surface area contributed by atoms with Crippen molar-refractivity contribution in [1.82, 2.24) is 14.9 Å². The zero-order valence-electron chi connectivity index (χ0n) is 16.8. The lowest BCUT2D eigenvalue weighted by Gasteiger charge is -2.26. The maximum atomic E-state index is 13.2. The zero-order chi connectivity index (χ0) is 20.1. The largest absolute Gasteiger partial charge is 0.331 e. The molecule has 0 atom stereocenters. The van der Waals surface area contributed by atoms with Crippen molar-refractivity contribution in [2.24, 2.45) is 0 Å². The molecule has 0 spiro atoms. The minimum atomic E-state index is -0.101. The van der Waals surface area contributed by atoms with Gasteiger partial charge in [0, 0.05) is 24.0 Å². The van der Waals surface area contributed by atoms with Gasteiger partial charge in [-0.2, -0.15) is 0 Å². The van der Waals surface area contributed by atoms with Crippen LogP contribution >= 0.6 is 0 Å². The average molecular weight is 374 g/mol. The Bertz CT molecular complexity index is 937. The first-order chi connectivity index (χ1) is 13.4. The molecule has 5 nitrogen and oxygen atoms in total. The third-order valence-corrected chi connectivity index (χ3v) is 4.46. The Morgan fingerprint density at radius 3 is 2.32 bits per heavy atom. The van der Waals surface area contributed by atoms with Gasteiger partial charge in [0.15, 0.2) is 0 Å². The summed E-state index contributed by atoms with van der Waals surface area (Å²) in [7, 11) is 0. The van der Waals surface area contributed by atoms with Gasteiger partial charge in [-0.05, 0) is 51.5 Å². The molecular weight excluding hydrogens is 348 g/mol. The van der Waals surface area contributed by atoms with Gasteiger partial charge in [0.25, 0.3) is 5.91 Å². The lowest BCUT2D eigenvalue weighted by molar-refractivity contribution is 0.0684. The number of benzene rings is 2. The Morgan fingerprint density at radius 2 is 1.68 bits per heavy atom. The maximum absolute atomic E-state index is 13.2. The van der Waals surface area contributed by atoms with E-state index in [9.17, 15) is 4.79 Å². The molecule has 5 heteroatoms. The third-order valence-electron chi connectivity index (χ3n) is 4.46. The molecular formula is C23H26N4O. The van der Waals surface area contributed by atoms with Crippen molar-refractivity contribution in [3.63, 3.8) is 0 Å². The summed E-state index contributed by atoms with van der Waals surface area (Å²) in [6.07, 6.45) is 0. The molecule has 0 aliphatic carbocycles. The van der Waals surface area contributed by atoms with Crippen molar-refractivity contribution < 1.29 is 4.79 Å². The summed E-state index contributed by atoms with van der Waals surface area (Å²) in [5.74, 6) is 0.326. The monoisotopic (exact) mass is 374 g/mol. The van der Waals surface area contributed by atoms with Crippen molar-refractivity contribution in [1.29, 1.82) is 0 Å².